The van der Waals surface area contributed by atoms with Crippen molar-refractivity contribution in [3.63, 3.8) is 0 Å². The van der Waals surface area contributed by atoms with Gasteiger partial charge in [-0.2, -0.15) is 0 Å². The number of rotatable bonds is 7. The highest BCUT2D eigenvalue weighted by molar-refractivity contribution is 8.15. The van der Waals surface area contributed by atoms with E-state index in [1.807, 2.05) is 6.92 Å². The second-order valence-corrected chi connectivity index (χ2v) is 7.34. The molecule has 10 nitrogen and oxygen atoms in total. The third-order valence-corrected chi connectivity index (χ3v) is 5.20. The summed E-state index contributed by atoms with van der Waals surface area (Å²) < 4.78 is 5.33. The quantitative estimate of drug-likeness (QED) is 0.387. The summed E-state index contributed by atoms with van der Waals surface area (Å²) in [7, 11) is 0. The van der Waals surface area contributed by atoms with Crippen molar-refractivity contribution in [3.05, 3.63) is 52.6 Å². The number of nitrogens with zero attached hydrogens (tertiary/aromatic N) is 2. The van der Waals surface area contributed by atoms with E-state index in [9.17, 15) is 29.6 Å². The Morgan fingerprint density at radius 1 is 1.27 bits per heavy atom. The summed E-state index contributed by atoms with van der Waals surface area (Å²) in [6, 6.07) is 9.66. The molecule has 0 aliphatic carbocycles. The fourth-order valence-electron chi connectivity index (χ4n) is 2.79. The largest absolute Gasteiger partial charge is 0.506 e. The van der Waals surface area contributed by atoms with Crippen molar-refractivity contribution in [2.75, 3.05) is 16.8 Å². The molecule has 30 heavy (non-hydrogen) atoms. The number of imide groups is 1. The number of non-ortho nitro benzene ring substituents is 1. The zero-order valence-electron chi connectivity index (χ0n) is 15.7. The number of nitro benzene ring substituents is 1. The summed E-state index contributed by atoms with van der Waals surface area (Å²) in [4.78, 5) is 48.3. The van der Waals surface area contributed by atoms with Crippen LogP contribution in [0.25, 0.3) is 0 Å². The van der Waals surface area contributed by atoms with Crippen LogP contribution in [0.3, 0.4) is 0 Å². The summed E-state index contributed by atoms with van der Waals surface area (Å²) in [6.45, 7) is 2.32. The molecule has 0 radical (unpaired) electrons. The van der Waals surface area contributed by atoms with Crippen LogP contribution in [0.2, 0.25) is 0 Å². The first kappa shape index (κ1) is 21.1. The minimum atomic E-state index is -0.927. The Bertz CT molecular complexity index is 1010. The van der Waals surface area contributed by atoms with Crippen LogP contribution in [0.15, 0.2) is 42.5 Å². The van der Waals surface area contributed by atoms with Crippen LogP contribution in [0.1, 0.15) is 13.3 Å². The first-order valence-corrected chi connectivity index (χ1v) is 9.72. The van der Waals surface area contributed by atoms with Crippen LogP contribution in [-0.2, 0) is 9.59 Å². The number of amides is 3. The number of hydrogen-bond acceptors (Lipinski definition) is 8. The van der Waals surface area contributed by atoms with Gasteiger partial charge in [0.2, 0.25) is 11.8 Å². The summed E-state index contributed by atoms with van der Waals surface area (Å²) in [5, 5.41) is 21.5. The molecular formula is C19H17N3O7S. The van der Waals surface area contributed by atoms with Gasteiger partial charge < -0.3 is 15.2 Å². The van der Waals surface area contributed by atoms with Crippen molar-refractivity contribution >= 4 is 45.9 Å². The van der Waals surface area contributed by atoms with Crippen LogP contribution in [0.4, 0.5) is 21.9 Å². The van der Waals surface area contributed by atoms with Crippen LogP contribution < -0.4 is 15.0 Å². The maximum atomic E-state index is 12.7. The number of nitro groups is 1. The molecule has 0 saturated carbocycles. The smallest absolute Gasteiger partial charge is 0.293 e. The summed E-state index contributed by atoms with van der Waals surface area (Å²) in [5.74, 6) is -1.02. The average molecular weight is 431 g/mol. The Morgan fingerprint density at radius 2 is 1.97 bits per heavy atom. The maximum absolute atomic E-state index is 12.7. The minimum Gasteiger partial charge on any atom is -0.506 e. The number of benzene rings is 2. The SMILES string of the molecule is CCOc1ccc(N2C(=O)SC(CC(=O)Nc3ccc([N+](=O)[O-])cc3O)C2=O)cc1. The number of nitrogens with one attached hydrogen (secondary N) is 1. The van der Waals surface area contributed by atoms with Gasteiger partial charge in [-0.05, 0) is 49.0 Å². The molecule has 1 heterocycles. The molecule has 1 unspecified atom stereocenters. The molecule has 3 amide bonds. The molecule has 11 heteroatoms. The number of thioether (sulfide) groups is 1. The fourth-order valence-corrected chi connectivity index (χ4v) is 3.77. The van der Waals surface area contributed by atoms with Gasteiger partial charge in [-0.25, -0.2) is 4.90 Å². The number of carbonyl (C=O) groups is 3. The second kappa shape index (κ2) is 8.82. The van der Waals surface area contributed by atoms with Crippen molar-refractivity contribution in [3.8, 4) is 11.5 Å². The molecule has 0 bridgehead atoms. The van der Waals surface area contributed by atoms with Crippen LogP contribution in [-0.4, -0.2) is 38.9 Å². The van der Waals surface area contributed by atoms with Gasteiger partial charge in [0.05, 0.1) is 29.0 Å². The number of ether oxygens (including phenoxy) is 1. The minimum absolute atomic E-state index is 0.0317. The lowest BCUT2D eigenvalue weighted by molar-refractivity contribution is -0.384. The topological polar surface area (TPSA) is 139 Å². The predicted octanol–water partition coefficient (Wildman–Crippen LogP) is 3.30. The van der Waals surface area contributed by atoms with Crippen LogP contribution >= 0.6 is 11.8 Å². The van der Waals surface area contributed by atoms with E-state index < -0.39 is 33.0 Å². The zero-order chi connectivity index (χ0) is 21.8. The summed E-state index contributed by atoms with van der Waals surface area (Å²) >= 11 is 0.734. The molecule has 0 spiro atoms. The van der Waals surface area contributed by atoms with Gasteiger partial charge in [0.15, 0.2) is 0 Å². The van der Waals surface area contributed by atoms with E-state index in [4.69, 9.17) is 4.74 Å². The van der Waals surface area contributed by atoms with E-state index >= 15 is 0 Å². The fraction of sp³-hybridized carbons (Fsp3) is 0.211. The molecule has 2 N–H and O–H groups in total. The monoisotopic (exact) mass is 431 g/mol. The van der Waals surface area contributed by atoms with E-state index in [0.717, 1.165) is 28.8 Å². The maximum Gasteiger partial charge on any atom is 0.293 e. The van der Waals surface area contributed by atoms with Gasteiger partial charge in [0.1, 0.15) is 16.7 Å². The van der Waals surface area contributed by atoms with Gasteiger partial charge in [-0.1, -0.05) is 0 Å². The van der Waals surface area contributed by atoms with Crippen LogP contribution in [0, 0.1) is 10.1 Å². The molecular weight excluding hydrogens is 414 g/mol. The highest BCUT2D eigenvalue weighted by atomic mass is 32.2. The first-order valence-electron chi connectivity index (χ1n) is 8.85. The van der Waals surface area contributed by atoms with E-state index in [1.54, 1.807) is 24.3 Å². The Kier molecular flexibility index (Phi) is 6.21. The number of phenolic OH excluding ortho intramolecular Hbond substituents is 1. The average Bonchev–Trinajstić information content (AvgIpc) is 2.97. The lowest BCUT2D eigenvalue weighted by Gasteiger charge is -2.14. The molecule has 1 atom stereocenters. The predicted molar refractivity (Wildman–Crippen MR) is 110 cm³/mol. The van der Waals surface area contributed by atoms with E-state index in [-0.39, 0.29) is 17.8 Å². The van der Waals surface area contributed by atoms with Gasteiger partial charge in [0.25, 0.3) is 10.9 Å². The van der Waals surface area contributed by atoms with Crippen molar-refractivity contribution in [1.82, 2.24) is 0 Å². The molecule has 1 fully saturated rings. The van der Waals surface area contributed by atoms with E-state index in [0.29, 0.717) is 18.0 Å². The lowest BCUT2D eigenvalue weighted by Crippen LogP contribution is -2.32. The second-order valence-electron chi connectivity index (χ2n) is 6.18. The molecule has 156 valence electrons. The van der Waals surface area contributed by atoms with Gasteiger partial charge in [-0.3, -0.25) is 24.5 Å². The summed E-state index contributed by atoms with van der Waals surface area (Å²) in [5.41, 5.74) is 0.0104. The number of phenols is 1. The van der Waals surface area contributed by atoms with Crippen molar-refractivity contribution in [2.45, 2.75) is 18.6 Å². The Balaban J connectivity index is 1.66. The first-order chi connectivity index (χ1) is 14.3. The van der Waals surface area contributed by atoms with E-state index in [2.05, 4.69) is 5.32 Å². The third kappa shape index (κ3) is 4.51. The Hall–Kier alpha value is -3.60. The highest BCUT2D eigenvalue weighted by Gasteiger charge is 2.41. The molecule has 0 aromatic heterocycles. The Morgan fingerprint density at radius 3 is 2.57 bits per heavy atom. The lowest BCUT2D eigenvalue weighted by atomic mass is 10.2. The number of hydrogen-bond donors (Lipinski definition) is 2. The van der Waals surface area contributed by atoms with Crippen molar-refractivity contribution in [2.24, 2.45) is 0 Å². The van der Waals surface area contributed by atoms with Gasteiger partial charge >= 0.3 is 0 Å². The number of carbonyl (C=O) groups excluding carboxylic acids is 3. The standard InChI is InChI=1S/C19H17N3O7S/c1-2-29-13-6-3-11(4-7-13)21-18(25)16(30-19(21)26)10-17(24)20-14-8-5-12(22(27)28)9-15(14)23/h3-9,16,23H,2,10H2,1H3,(H,20,24). The molecule has 1 saturated heterocycles. The van der Waals surface area contributed by atoms with Crippen molar-refractivity contribution < 1.29 is 29.2 Å². The van der Waals surface area contributed by atoms with Gasteiger partial charge in [0, 0.05) is 12.5 Å². The van der Waals surface area contributed by atoms with Gasteiger partial charge in [-0.15, -0.1) is 0 Å². The highest BCUT2D eigenvalue weighted by Crippen LogP contribution is 2.35. The van der Waals surface area contributed by atoms with E-state index in [1.165, 1.54) is 6.07 Å². The van der Waals surface area contributed by atoms with Crippen LogP contribution in [0.5, 0.6) is 11.5 Å². The molecule has 1 aliphatic heterocycles. The molecule has 2 aromatic rings. The normalized spacial score (nSPS) is 15.9. The number of anilines is 2. The third-order valence-electron chi connectivity index (χ3n) is 4.16. The molecule has 2 aromatic carbocycles. The number of aromatic hydroxyl groups is 1. The molecule has 3 rings (SSSR count). The summed E-state index contributed by atoms with van der Waals surface area (Å²) in [6.07, 6.45) is -0.306. The Labute approximate surface area is 175 Å². The zero-order valence-corrected chi connectivity index (χ0v) is 16.5. The van der Waals surface area contributed by atoms with Crippen molar-refractivity contribution in [1.29, 1.82) is 0 Å². The molecule has 1 aliphatic rings.